The first-order chi connectivity index (χ1) is 13.9. The summed E-state index contributed by atoms with van der Waals surface area (Å²) in [5.41, 5.74) is 3.74. The molecule has 0 amide bonds. The van der Waals surface area contributed by atoms with E-state index in [0.29, 0.717) is 22.9 Å². The summed E-state index contributed by atoms with van der Waals surface area (Å²) in [6.07, 6.45) is 1.81. The molecule has 0 spiro atoms. The first kappa shape index (κ1) is 25.2. The van der Waals surface area contributed by atoms with Crippen LogP contribution in [0.25, 0.3) is 5.57 Å². The molecule has 7 heteroatoms. The van der Waals surface area contributed by atoms with E-state index in [4.69, 9.17) is 16.3 Å². The molecule has 0 heterocycles. The smallest absolute Gasteiger partial charge is 0.550 e. The van der Waals surface area contributed by atoms with E-state index >= 15 is 0 Å². The predicted octanol–water partition coefficient (Wildman–Crippen LogP) is 2.67. The van der Waals surface area contributed by atoms with Crippen LogP contribution in [0.2, 0.25) is 5.02 Å². The zero-order valence-electron chi connectivity index (χ0n) is 16.2. The molecule has 3 aromatic carbocycles. The molecule has 0 bridgehead atoms. The third-order valence-corrected chi connectivity index (χ3v) is 5.53. The Hall–Kier alpha value is -1.08. The van der Waals surface area contributed by atoms with Gasteiger partial charge in [-0.25, -0.2) is 0 Å². The van der Waals surface area contributed by atoms with Gasteiger partial charge in [0, 0.05) is 21.3 Å². The first-order valence-electron chi connectivity index (χ1n) is 8.75. The van der Waals surface area contributed by atoms with E-state index in [1.54, 1.807) is 18.2 Å². The Kier molecular flexibility index (Phi) is 10.1. The van der Waals surface area contributed by atoms with E-state index in [-0.39, 0.29) is 36.0 Å². The molecule has 3 nitrogen and oxygen atoms in total. The van der Waals surface area contributed by atoms with Crippen LogP contribution in [-0.4, -0.2) is 12.6 Å². The van der Waals surface area contributed by atoms with Crippen molar-refractivity contribution in [2.45, 2.75) is 6.42 Å². The van der Waals surface area contributed by atoms with E-state index in [2.05, 4.69) is 31.9 Å². The Morgan fingerprint density at radius 1 is 0.933 bits per heavy atom. The van der Waals surface area contributed by atoms with Gasteiger partial charge in [-0.1, -0.05) is 73.8 Å². The van der Waals surface area contributed by atoms with Crippen LogP contribution >= 0.6 is 43.5 Å². The maximum Gasteiger partial charge on any atom is 1.00 e. The zero-order chi connectivity index (χ0) is 20.8. The number of halogens is 3. The number of ether oxygens (including phenoxy) is 1. The van der Waals surface area contributed by atoms with Crippen LogP contribution < -0.4 is 39.4 Å². The largest absolute Gasteiger partial charge is 1.00 e. The number of carbonyl (C=O) groups excluding carboxylic acids is 1. The van der Waals surface area contributed by atoms with Crippen molar-refractivity contribution < 1.29 is 44.2 Å². The minimum absolute atomic E-state index is 0. The van der Waals surface area contributed by atoms with Crippen molar-refractivity contribution in [3.8, 4) is 5.75 Å². The molecule has 0 atom stereocenters. The molecule has 0 saturated carbocycles. The molecule has 3 aromatic rings. The Balaban J connectivity index is 0.00000320. The Labute approximate surface area is 219 Å². The van der Waals surface area contributed by atoms with Gasteiger partial charge in [-0.05, 0) is 64.7 Å². The number of carbonyl (C=O) groups is 1. The van der Waals surface area contributed by atoms with Gasteiger partial charge < -0.3 is 14.6 Å². The topological polar surface area (TPSA) is 49.4 Å². The van der Waals surface area contributed by atoms with Crippen molar-refractivity contribution in [1.82, 2.24) is 0 Å². The van der Waals surface area contributed by atoms with Crippen LogP contribution in [0.1, 0.15) is 16.7 Å². The van der Waals surface area contributed by atoms with Crippen LogP contribution in [0.3, 0.4) is 0 Å². The second-order valence-electron chi connectivity index (χ2n) is 6.26. The Morgan fingerprint density at radius 2 is 1.47 bits per heavy atom. The quantitative estimate of drug-likeness (QED) is 0.419. The van der Waals surface area contributed by atoms with Gasteiger partial charge in [0.15, 0.2) is 0 Å². The van der Waals surface area contributed by atoms with E-state index in [1.807, 2.05) is 54.6 Å². The van der Waals surface area contributed by atoms with Crippen LogP contribution in [0.5, 0.6) is 5.75 Å². The first-order valence-corrected chi connectivity index (χ1v) is 10.7. The fraction of sp³-hybridized carbons (Fsp3) is 0.0870. The predicted molar refractivity (Wildman–Crippen MR) is 121 cm³/mol. The van der Waals surface area contributed by atoms with Crippen molar-refractivity contribution in [1.29, 1.82) is 0 Å². The average Bonchev–Trinajstić information content (AvgIpc) is 2.68. The van der Waals surface area contributed by atoms with Crippen molar-refractivity contribution in [3.05, 3.63) is 103 Å². The molecule has 0 fully saturated rings. The molecule has 0 aliphatic rings. The minimum Gasteiger partial charge on any atom is -0.550 e. The third kappa shape index (κ3) is 7.26. The Bertz CT molecular complexity index is 988. The fourth-order valence-corrected chi connectivity index (χ4v) is 3.60. The summed E-state index contributed by atoms with van der Waals surface area (Å²) >= 11 is 13.2. The van der Waals surface area contributed by atoms with Crippen molar-refractivity contribution >= 4 is 55.0 Å². The molecule has 0 aliphatic carbocycles. The summed E-state index contributed by atoms with van der Waals surface area (Å²) in [4.78, 5) is 10.7. The summed E-state index contributed by atoms with van der Waals surface area (Å²) < 4.78 is 7.85. The normalized spacial score (nSPS) is 10.1. The van der Waals surface area contributed by atoms with Gasteiger partial charge in [-0.3, -0.25) is 0 Å². The number of benzene rings is 3. The van der Waals surface area contributed by atoms with E-state index in [0.717, 1.165) is 25.6 Å². The molecule has 3 rings (SSSR count). The van der Waals surface area contributed by atoms with Crippen molar-refractivity contribution in [3.63, 3.8) is 0 Å². The van der Waals surface area contributed by atoms with Gasteiger partial charge in [-0.2, -0.15) is 0 Å². The molecule has 30 heavy (non-hydrogen) atoms. The summed E-state index contributed by atoms with van der Waals surface area (Å²) in [5.74, 6) is -0.651. The molecular weight excluding hydrogens is 543 g/mol. The second kappa shape index (κ2) is 12.1. The van der Waals surface area contributed by atoms with Gasteiger partial charge in [-0.15, -0.1) is 0 Å². The van der Waals surface area contributed by atoms with Crippen molar-refractivity contribution in [2.75, 3.05) is 6.61 Å². The monoisotopic (exact) mass is 556 g/mol. The Morgan fingerprint density at radius 3 is 1.93 bits per heavy atom. The zero-order valence-corrected chi connectivity index (χ0v) is 22.1. The minimum atomic E-state index is -1.15. The van der Waals surface area contributed by atoms with Gasteiger partial charge in [0.05, 0.1) is 5.02 Å². The summed E-state index contributed by atoms with van der Waals surface area (Å²) in [7, 11) is 0. The van der Waals surface area contributed by atoms with E-state index < -0.39 is 5.97 Å². The molecule has 0 saturated heterocycles. The maximum absolute atomic E-state index is 10.7. The van der Waals surface area contributed by atoms with Crippen LogP contribution in [0, 0.1) is 0 Å². The van der Waals surface area contributed by atoms with E-state index in [1.165, 1.54) is 0 Å². The molecule has 148 valence electrons. The summed E-state index contributed by atoms with van der Waals surface area (Å²) in [5, 5.41) is 11.1. The number of carboxylic acids is 1. The summed E-state index contributed by atoms with van der Waals surface area (Å²) in [6.45, 7) is 0.307. The number of hydrogen-bond acceptors (Lipinski definition) is 3. The molecule has 0 aliphatic heterocycles. The van der Waals surface area contributed by atoms with Gasteiger partial charge >= 0.3 is 29.6 Å². The standard InChI is InChI=1S/C23H17Br2ClO3.Na/c24-18-6-2-16(3-7-18)20(17-4-8-19(25)9-5-17)11-12-29-22-10-1-15(13-21(22)26)14-23(27)28;/h1-11,13H,12,14H2,(H,27,28);/q;+1/p-1. The second-order valence-corrected chi connectivity index (χ2v) is 8.49. The molecule has 0 unspecified atom stereocenters. The number of carboxylic acid groups (broad SMARTS) is 1. The molecule has 0 aromatic heterocycles. The SMILES string of the molecule is O=C([O-])Cc1ccc(OCC=C(c2ccc(Br)cc2)c2ccc(Br)cc2)c(Cl)c1.[Na+]. The number of aliphatic carboxylic acids is 1. The summed E-state index contributed by atoms with van der Waals surface area (Å²) in [6, 6.07) is 21.1. The molecule has 0 N–H and O–H groups in total. The van der Waals surface area contributed by atoms with Gasteiger partial charge in [0.1, 0.15) is 12.4 Å². The van der Waals surface area contributed by atoms with Gasteiger partial charge in [0.2, 0.25) is 0 Å². The number of hydrogen-bond donors (Lipinski definition) is 0. The third-order valence-electron chi connectivity index (χ3n) is 4.18. The van der Waals surface area contributed by atoms with Gasteiger partial charge in [0.25, 0.3) is 0 Å². The maximum atomic E-state index is 10.7. The number of rotatable bonds is 7. The van der Waals surface area contributed by atoms with E-state index in [9.17, 15) is 9.90 Å². The van der Waals surface area contributed by atoms with Crippen molar-refractivity contribution in [2.24, 2.45) is 0 Å². The van der Waals surface area contributed by atoms with Crippen LogP contribution in [-0.2, 0) is 11.2 Å². The van der Waals surface area contributed by atoms with Crippen LogP contribution in [0.4, 0.5) is 0 Å². The van der Waals surface area contributed by atoms with Crippen LogP contribution in [0.15, 0.2) is 81.8 Å². The fourth-order valence-electron chi connectivity index (χ4n) is 2.81. The molecular formula is C23H16Br2ClNaO3. The molecule has 0 radical (unpaired) electrons. The average molecular weight is 559 g/mol.